The van der Waals surface area contributed by atoms with Crippen LogP contribution in [0, 0.1) is 10.8 Å². The fourth-order valence-corrected chi connectivity index (χ4v) is 2.57. The molecule has 0 spiro atoms. The van der Waals surface area contributed by atoms with Gasteiger partial charge in [-0.2, -0.15) is 96.6 Å². The maximum atomic E-state index is 13.7. The van der Waals surface area contributed by atoms with Crippen molar-refractivity contribution in [2.45, 2.75) is 48.9 Å². The lowest BCUT2D eigenvalue weighted by molar-refractivity contribution is -0.479. The Kier molecular flexibility index (Phi) is 7.15. The van der Waals surface area contributed by atoms with Crippen LogP contribution in [-0.2, 0) is 4.79 Å². The molecule has 204 valence electrons. The number of halogens is 22. The minimum Gasteiger partial charge on any atom is -0.286 e. The monoisotopic (exact) mass is 566 g/mol. The molecule has 0 radical (unpaired) electrons. The highest BCUT2D eigenvalue weighted by Gasteiger charge is 3.01. The van der Waals surface area contributed by atoms with Crippen LogP contribution in [0.1, 0.15) is 0 Å². The van der Waals surface area contributed by atoms with Gasteiger partial charge in [0.05, 0.1) is 0 Å². The Bertz CT molecular complexity index is 626. The Labute approximate surface area is 168 Å². The Morgan fingerprint density at radius 3 is 0.500 bits per heavy atom. The van der Waals surface area contributed by atoms with Crippen LogP contribution in [0.25, 0.3) is 0 Å². The van der Waals surface area contributed by atoms with Crippen molar-refractivity contribution in [2.24, 2.45) is 10.8 Å². The Hall–Kier alpha value is -1.87. The van der Waals surface area contributed by atoms with Crippen molar-refractivity contribution in [2.75, 3.05) is 0 Å². The maximum Gasteiger partial charge on any atom is 0.418 e. The van der Waals surface area contributed by atoms with Gasteiger partial charge in [0.2, 0.25) is 0 Å². The molecular weight excluding hydrogens is 566 g/mol. The van der Waals surface area contributed by atoms with E-state index in [4.69, 9.17) is 0 Å². The topological polar surface area (TPSA) is 17.1 Å². The molecule has 0 bridgehead atoms. The van der Waals surface area contributed by atoms with Crippen molar-refractivity contribution in [3.05, 3.63) is 0 Å². The molecule has 0 aliphatic heterocycles. The van der Waals surface area contributed by atoms with E-state index < -0.39 is 65.5 Å². The molecule has 0 aromatic carbocycles. The van der Waals surface area contributed by atoms with Crippen LogP contribution in [0.2, 0.25) is 0 Å². The van der Waals surface area contributed by atoms with E-state index in [9.17, 15) is 101 Å². The van der Waals surface area contributed by atoms with Crippen molar-refractivity contribution < 1.29 is 101 Å². The summed E-state index contributed by atoms with van der Waals surface area (Å²) >= 11 is 0. The summed E-state index contributed by atoms with van der Waals surface area (Å²) in [6.07, 6.45) is -52.6. The number of carbonyl (C=O) groups excluding carboxylic acids is 1. The zero-order chi connectivity index (χ0) is 28.6. The summed E-state index contributed by atoms with van der Waals surface area (Å²) < 4.78 is 282. The fourth-order valence-electron chi connectivity index (χ4n) is 2.57. The van der Waals surface area contributed by atoms with Gasteiger partial charge in [-0.25, -0.2) is 0 Å². The van der Waals surface area contributed by atoms with E-state index in [1.807, 2.05) is 0 Å². The zero-order valence-corrected chi connectivity index (χ0v) is 14.2. The Morgan fingerprint density at radius 2 is 0.412 bits per heavy atom. The second-order valence-corrected chi connectivity index (χ2v) is 5.96. The van der Waals surface area contributed by atoms with E-state index in [0.717, 1.165) is 0 Å². The van der Waals surface area contributed by atoms with Gasteiger partial charge in [0.15, 0.2) is 0 Å². The van der Waals surface area contributed by atoms with Crippen LogP contribution >= 0.6 is 0 Å². The molecule has 0 saturated carbocycles. The molecule has 34 heavy (non-hydrogen) atoms. The number of ketones is 1. The number of hydrogen-bond acceptors (Lipinski definition) is 1. The lowest BCUT2D eigenvalue weighted by atomic mass is 9.69. The minimum absolute atomic E-state index is 6.58. The summed E-state index contributed by atoms with van der Waals surface area (Å²) in [5, 5.41) is 0. The molecule has 0 heterocycles. The van der Waals surface area contributed by atoms with E-state index in [0.29, 0.717) is 0 Å². The lowest BCUT2D eigenvalue weighted by Crippen LogP contribution is -2.77. The van der Waals surface area contributed by atoms with Crippen LogP contribution in [0.5, 0.6) is 0 Å². The summed E-state index contributed by atoms with van der Waals surface area (Å²) in [4.78, 5) is 11.0. The molecule has 0 aliphatic carbocycles. The summed E-state index contributed by atoms with van der Waals surface area (Å²) in [7, 11) is 0. The highest BCUT2D eigenvalue weighted by molar-refractivity contribution is 5.94. The van der Waals surface area contributed by atoms with Crippen LogP contribution in [0.4, 0.5) is 96.6 Å². The largest absolute Gasteiger partial charge is 0.418 e. The SMILES string of the molecule is O=C(C(F)(F)C(C(F)(F)F)(C(F)(F)F)C(F)(F)F)C(F)(F)C(C(F)(F)F)(C(F)(F)F)C(F)(F)F. The van der Waals surface area contributed by atoms with Crippen LogP contribution < -0.4 is 0 Å². The second kappa shape index (κ2) is 7.56. The average molecular weight is 566 g/mol. The molecular formula is C11F22O. The normalized spacial score (nSPS) is 16.6. The highest BCUT2D eigenvalue weighted by atomic mass is 19.5. The molecule has 0 atom stereocenters. The standard InChI is InChI=1S/C11F22O/c12-2(13,4(6(16,17)18,7(19,20)21)8(22,23)24)1(34)3(14,15)5(9(25,26)27,10(28,29)30)11(31,32)33. The van der Waals surface area contributed by atoms with E-state index in [1.165, 1.54) is 0 Å². The number of hydrogen-bond donors (Lipinski definition) is 0. The zero-order valence-electron chi connectivity index (χ0n) is 14.2. The summed E-state index contributed by atoms with van der Waals surface area (Å²) in [6, 6.07) is 0. The lowest BCUT2D eigenvalue weighted by Gasteiger charge is -2.46. The van der Waals surface area contributed by atoms with Crippen LogP contribution in [-0.4, -0.2) is 54.7 Å². The van der Waals surface area contributed by atoms with Crippen LogP contribution in [0.15, 0.2) is 0 Å². The van der Waals surface area contributed by atoms with Gasteiger partial charge in [-0.3, -0.25) is 4.79 Å². The minimum atomic E-state index is -9.20. The van der Waals surface area contributed by atoms with Crippen molar-refractivity contribution in [3.8, 4) is 0 Å². The Balaban J connectivity index is 7.98. The van der Waals surface area contributed by atoms with E-state index in [-0.39, 0.29) is 0 Å². The predicted octanol–water partition coefficient (Wildman–Crippen LogP) is 7.17. The summed E-state index contributed by atoms with van der Waals surface area (Å²) in [5.41, 5.74) is -18.4. The van der Waals surface area contributed by atoms with Crippen molar-refractivity contribution >= 4 is 5.78 Å². The Morgan fingerprint density at radius 1 is 0.294 bits per heavy atom. The van der Waals surface area contributed by atoms with Crippen molar-refractivity contribution in [1.82, 2.24) is 0 Å². The van der Waals surface area contributed by atoms with E-state index >= 15 is 0 Å². The third-order valence-electron chi connectivity index (χ3n) is 4.06. The predicted molar refractivity (Wildman–Crippen MR) is 56.1 cm³/mol. The molecule has 23 heteroatoms. The van der Waals surface area contributed by atoms with Gasteiger partial charge in [0, 0.05) is 0 Å². The summed E-state index contributed by atoms with van der Waals surface area (Å²) in [5.74, 6) is -25.0. The smallest absolute Gasteiger partial charge is 0.286 e. The quantitative estimate of drug-likeness (QED) is 0.330. The van der Waals surface area contributed by atoms with Gasteiger partial charge < -0.3 is 0 Å². The maximum absolute atomic E-state index is 13.7. The second-order valence-electron chi connectivity index (χ2n) is 5.96. The molecule has 0 saturated heterocycles. The molecule has 0 aliphatic rings. The average Bonchev–Trinajstić information content (AvgIpc) is 2.35. The third kappa shape index (κ3) is 3.79. The van der Waals surface area contributed by atoms with Gasteiger partial charge in [-0.05, 0) is 0 Å². The van der Waals surface area contributed by atoms with Gasteiger partial charge in [-0.15, -0.1) is 0 Å². The van der Waals surface area contributed by atoms with Gasteiger partial charge >= 0.3 is 59.7 Å². The number of Topliss-reactive ketones (excluding diaryl/α,β-unsaturated/α-hetero) is 1. The molecule has 0 amide bonds. The first-order valence-corrected chi connectivity index (χ1v) is 6.86. The van der Waals surface area contributed by atoms with Crippen molar-refractivity contribution in [3.63, 3.8) is 0 Å². The van der Waals surface area contributed by atoms with Crippen LogP contribution in [0.3, 0.4) is 0 Å². The first kappa shape index (κ1) is 32.1. The first-order chi connectivity index (χ1) is 14.2. The van der Waals surface area contributed by atoms with E-state index in [1.54, 1.807) is 0 Å². The molecule has 0 fully saturated rings. The number of carbonyl (C=O) groups is 1. The van der Waals surface area contributed by atoms with Gasteiger partial charge in [0.25, 0.3) is 5.78 Å². The molecule has 0 aromatic heterocycles. The van der Waals surface area contributed by atoms with E-state index in [2.05, 4.69) is 0 Å². The highest BCUT2D eigenvalue weighted by Crippen LogP contribution is 2.71. The molecule has 0 N–H and O–H groups in total. The van der Waals surface area contributed by atoms with Crippen molar-refractivity contribution in [1.29, 1.82) is 0 Å². The number of alkyl halides is 22. The first-order valence-electron chi connectivity index (χ1n) is 6.86. The molecule has 0 aromatic rings. The van der Waals surface area contributed by atoms with Gasteiger partial charge in [0.1, 0.15) is 0 Å². The molecule has 0 unspecified atom stereocenters. The third-order valence-corrected chi connectivity index (χ3v) is 4.06. The van der Waals surface area contributed by atoms with Gasteiger partial charge in [-0.1, -0.05) is 0 Å². The number of rotatable bonds is 4. The fraction of sp³-hybridized carbons (Fsp3) is 0.909. The molecule has 1 nitrogen and oxygen atoms in total. The molecule has 0 rings (SSSR count). The summed E-state index contributed by atoms with van der Waals surface area (Å²) in [6.45, 7) is 0.